The number of rotatable bonds is 4. The lowest BCUT2D eigenvalue weighted by molar-refractivity contribution is -0.161. The largest absolute Gasteiger partial charge is 0.367 e. The van der Waals surface area contributed by atoms with Gasteiger partial charge in [-0.2, -0.15) is 8.42 Å². The zero-order valence-corrected chi connectivity index (χ0v) is 17.4. The first-order valence-corrected chi connectivity index (χ1v) is 12.6. The normalized spacial score (nSPS) is 50.0. The summed E-state index contributed by atoms with van der Waals surface area (Å²) in [5.74, 6) is -0.795. The molecule has 13 nitrogen and oxygen atoms in total. The molecule has 0 aromatic carbocycles. The van der Waals surface area contributed by atoms with Crippen molar-refractivity contribution < 1.29 is 44.8 Å². The van der Waals surface area contributed by atoms with Crippen molar-refractivity contribution in [1.82, 2.24) is 10.6 Å². The summed E-state index contributed by atoms with van der Waals surface area (Å²) < 4.78 is 86.1. The number of alkyl halides is 1. The van der Waals surface area contributed by atoms with Crippen LogP contribution in [0.15, 0.2) is 0 Å². The maximum absolute atomic E-state index is 14.8. The van der Waals surface area contributed by atoms with Gasteiger partial charge in [0.15, 0.2) is 18.6 Å². The lowest BCUT2D eigenvalue weighted by atomic mass is 10.0. The van der Waals surface area contributed by atoms with Gasteiger partial charge in [0.2, 0.25) is 0 Å². The number of ether oxygens (including phenoxy) is 3. The Morgan fingerprint density at radius 3 is 2.57 bits per heavy atom. The summed E-state index contributed by atoms with van der Waals surface area (Å²) in [6.07, 6.45) is -7.56. The minimum absolute atomic E-state index is 0.103. The molecule has 170 valence electrons. The first-order chi connectivity index (χ1) is 14.1. The summed E-state index contributed by atoms with van der Waals surface area (Å²) in [4.78, 5) is 0. The van der Waals surface area contributed by atoms with E-state index in [4.69, 9.17) is 38.3 Å². The molecule has 0 radical (unpaired) electrons. The van der Waals surface area contributed by atoms with Crippen LogP contribution in [0.2, 0.25) is 0 Å². The van der Waals surface area contributed by atoms with Crippen LogP contribution in [0.1, 0.15) is 0 Å². The van der Waals surface area contributed by atoms with E-state index in [0.717, 1.165) is 13.0 Å². The first-order valence-electron chi connectivity index (χ1n) is 9.00. The van der Waals surface area contributed by atoms with E-state index in [1.54, 1.807) is 0 Å². The van der Waals surface area contributed by atoms with E-state index in [-0.39, 0.29) is 6.61 Å². The molecule has 4 heterocycles. The molecule has 0 aromatic heterocycles. The van der Waals surface area contributed by atoms with Gasteiger partial charge in [0, 0.05) is 6.66 Å². The smallest absolute Gasteiger partial charge is 0.328 e. The molecule has 4 fully saturated rings. The maximum Gasteiger partial charge on any atom is 0.328 e. The number of fused-ring (bicyclic) bond motifs is 1. The predicted octanol–water partition coefficient (Wildman–Crippen LogP) is -1.11. The molecule has 9 atom stereocenters. The van der Waals surface area contributed by atoms with Gasteiger partial charge < -0.3 is 29.4 Å². The molecule has 30 heavy (non-hydrogen) atoms. The van der Waals surface area contributed by atoms with Crippen LogP contribution in [-0.4, -0.2) is 95.4 Å². The third-order valence-electron chi connectivity index (χ3n) is 5.26. The van der Waals surface area contributed by atoms with E-state index in [9.17, 15) is 17.4 Å². The van der Waals surface area contributed by atoms with Crippen molar-refractivity contribution in [3.63, 3.8) is 0 Å². The van der Waals surface area contributed by atoms with Crippen molar-refractivity contribution in [1.29, 1.82) is 10.8 Å². The Bertz CT molecular complexity index is 864. The van der Waals surface area contributed by atoms with Crippen LogP contribution < -0.4 is 10.6 Å². The highest BCUT2D eigenvalue weighted by Crippen LogP contribution is 2.52. The van der Waals surface area contributed by atoms with Crippen LogP contribution in [0.4, 0.5) is 4.39 Å². The summed E-state index contributed by atoms with van der Waals surface area (Å²) in [6, 6.07) is 0. The molecule has 4 aliphatic rings. The molecule has 0 aliphatic carbocycles. The summed E-state index contributed by atoms with van der Waals surface area (Å²) in [5, 5.41) is 19.1. The van der Waals surface area contributed by atoms with E-state index in [0.29, 0.717) is 6.34 Å². The molecule has 4 aliphatic heterocycles. The topological polar surface area (TPSA) is 178 Å². The molecule has 0 saturated carbocycles. The van der Waals surface area contributed by atoms with Gasteiger partial charge in [-0.1, -0.05) is 0 Å². The predicted molar refractivity (Wildman–Crippen MR) is 97.8 cm³/mol. The fraction of sp³-hybridized carbons (Fsp3) is 0.857. The Balaban J connectivity index is 1.66. The molecule has 4 N–H and O–H groups in total. The van der Waals surface area contributed by atoms with Gasteiger partial charge >= 0.3 is 7.60 Å². The Labute approximate surface area is 171 Å². The highest BCUT2D eigenvalue weighted by molar-refractivity contribution is 7.86. The summed E-state index contributed by atoms with van der Waals surface area (Å²) in [5.41, 5.74) is -1.42. The van der Waals surface area contributed by atoms with E-state index in [1.165, 1.54) is 0 Å². The van der Waals surface area contributed by atoms with E-state index < -0.39 is 78.7 Å². The van der Waals surface area contributed by atoms with Crippen molar-refractivity contribution in [3.8, 4) is 0 Å². The Hall–Kier alpha value is -1.19. The summed E-state index contributed by atoms with van der Waals surface area (Å²) in [6.45, 7) is 0.613. The molecule has 0 unspecified atom stereocenters. The fourth-order valence-corrected chi connectivity index (χ4v) is 6.51. The van der Waals surface area contributed by atoms with Crippen molar-refractivity contribution in [2.24, 2.45) is 0 Å². The van der Waals surface area contributed by atoms with Crippen molar-refractivity contribution in [3.05, 3.63) is 0 Å². The van der Waals surface area contributed by atoms with Crippen LogP contribution >= 0.6 is 7.60 Å². The zero-order valence-electron chi connectivity index (χ0n) is 15.7. The standard InChI is InChI=1S/C14H22FN4O9PS/c1-29(20)24-4-14-3-23-10(13(26-14)19-6-17)11(14)28-30(21,22)2-7-9(27-29)8(15)12(25-7)18-5-16/h5-13H,2-4H2,1H3,(H2,16,18)(H2,17,19)/t7-,8-,9-,10-,11+,12-,13-,14-,29+/m1/s1. The van der Waals surface area contributed by atoms with Gasteiger partial charge in [0.05, 0.1) is 25.9 Å². The minimum Gasteiger partial charge on any atom is -0.367 e. The fourth-order valence-electron chi connectivity index (χ4n) is 3.95. The van der Waals surface area contributed by atoms with E-state index in [2.05, 4.69) is 10.6 Å². The number of hydrogen-bond acceptors (Lipinski definition) is 11. The summed E-state index contributed by atoms with van der Waals surface area (Å²) >= 11 is 0. The quantitative estimate of drug-likeness (QED) is 0.169. The molecule has 16 heteroatoms. The molecule has 0 aromatic rings. The molecular weight excluding hydrogens is 450 g/mol. The zero-order chi connectivity index (χ0) is 21.7. The second kappa shape index (κ2) is 7.74. The van der Waals surface area contributed by atoms with Crippen molar-refractivity contribution >= 4 is 30.4 Å². The van der Waals surface area contributed by atoms with Gasteiger partial charge in [0.25, 0.3) is 10.1 Å². The molecular formula is C14H22FN4O9PS. The van der Waals surface area contributed by atoms with Crippen LogP contribution in [-0.2, 0) is 42.1 Å². The Morgan fingerprint density at radius 1 is 1.17 bits per heavy atom. The highest BCUT2D eigenvalue weighted by atomic mass is 32.2. The second-order valence-electron chi connectivity index (χ2n) is 7.40. The third kappa shape index (κ3) is 3.88. The van der Waals surface area contributed by atoms with E-state index >= 15 is 0 Å². The van der Waals surface area contributed by atoms with Gasteiger partial charge in [-0.3, -0.25) is 24.1 Å². The molecule has 4 saturated heterocycles. The maximum atomic E-state index is 14.8. The average molecular weight is 472 g/mol. The molecule has 2 bridgehead atoms. The van der Waals surface area contributed by atoms with Gasteiger partial charge in [-0.25, -0.2) is 4.39 Å². The first kappa shape index (κ1) is 22.0. The lowest BCUT2D eigenvalue weighted by Gasteiger charge is -2.31. The van der Waals surface area contributed by atoms with E-state index in [1.807, 2.05) is 0 Å². The minimum atomic E-state index is -4.32. The van der Waals surface area contributed by atoms with Crippen LogP contribution in [0.25, 0.3) is 0 Å². The lowest BCUT2D eigenvalue weighted by Crippen LogP contribution is -2.48. The number of halogens is 1. The summed E-state index contributed by atoms with van der Waals surface area (Å²) in [7, 11) is -8.22. The third-order valence-corrected chi connectivity index (χ3v) is 7.72. The monoisotopic (exact) mass is 472 g/mol. The average Bonchev–Trinajstić information content (AvgIpc) is 3.23. The van der Waals surface area contributed by atoms with Crippen LogP contribution in [0.5, 0.6) is 0 Å². The van der Waals surface area contributed by atoms with Gasteiger partial charge in [-0.05, 0) is 0 Å². The molecule has 0 spiro atoms. The van der Waals surface area contributed by atoms with Gasteiger partial charge in [-0.15, -0.1) is 0 Å². The SMILES string of the molecule is C[P@]1(=O)OC[C@@]23CO[C@@H]([C@H](NC=N)O2)[C@@H]3OS(=O)(=O)C[C@H]2O[C@@H](NC=N)[C@H](F)[C@@H]2O1. The van der Waals surface area contributed by atoms with Crippen LogP contribution in [0, 0.1) is 10.8 Å². The Kier molecular flexibility index (Phi) is 5.68. The Morgan fingerprint density at radius 2 is 1.87 bits per heavy atom. The van der Waals surface area contributed by atoms with Crippen molar-refractivity contribution in [2.45, 2.75) is 48.6 Å². The van der Waals surface area contributed by atoms with Crippen molar-refractivity contribution in [2.75, 3.05) is 25.6 Å². The molecule has 4 rings (SSSR count). The highest BCUT2D eigenvalue weighted by Gasteiger charge is 2.65. The number of nitrogens with one attached hydrogen (secondary N) is 4. The second-order valence-corrected chi connectivity index (χ2v) is 11.0. The molecule has 0 amide bonds. The van der Waals surface area contributed by atoms with Gasteiger partial charge in [0.1, 0.15) is 35.8 Å². The number of hydrogen-bond donors (Lipinski definition) is 4. The van der Waals surface area contributed by atoms with Crippen LogP contribution in [0.3, 0.4) is 0 Å².